The first-order chi connectivity index (χ1) is 8.97. The van der Waals surface area contributed by atoms with Crippen molar-refractivity contribution in [3.05, 3.63) is 46.3 Å². The van der Waals surface area contributed by atoms with E-state index in [1.54, 1.807) is 0 Å². The molecule has 0 saturated carbocycles. The topological polar surface area (TPSA) is 91.2 Å². The number of carbonyl (C=O) groups excluding carboxylic acids is 1. The van der Waals surface area contributed by atoms with Crippen LogP contribution in [0.3, 0.4) is 0 Å². The average Bonchev–Trinajstić information content (AvgIpc) is 2.36. The Balaban J connectivity index is 2.40. The Labute approximate surface area is 116 Å². The third-order valence-corrected chi connectivity index (χ3v) is 2.90. The number of primary amides is 1. The molecule has 0 saturated heterocycles. The van der Waals surface area contributed by atoms with Gasteiger partial charge in [0, 0.05) is 6.07 Å². The highest BCUT2D eigenvalue weighted by atomic mass is 79.9. The minimum Gasteiger partial charge on any atom is -0.436 e. The first kappa shape index (κ1) is 13.3. The van der Waals surface area contributed by atoms with Gasteiger partial charge in [-0.25, -0.2) is 9.37 Å². The smallest absolute Gasteiger partial charge is 0.267 e. The highest BCUT2D eigenvalue weighted by molar-refractivity contribution is 9.10. The lowest BCUT2D eigenvalue weighted by Gasteiger charge is -2.09. The molecular weight excluding hydrogens is 317 g/mol. The molecule has 1 aromatic heterocycles. The van der Waals surface area contributed by atoms with Crippen LogP contribution in [0.4, 0.5) is 10.1 Å². The van der Waals surface area contributed by atoms with Crippen LogP contribution in [0.5, 0.6) is 11.6 Å². The minimum absolute atomic E-state index is 0.0109. The quantitative estimate of drug-likeness (QED) is 0.906. The van der Waals surface area contributed by atoms with E-state index >= 15 is 0 Å². The number of halogens is 2. The predicted octanol–water partition coefficient (Wildman–Crippen LogP) is 2.46. The largest absolute Gasteiger partial charge is 0.436 e. The molecule has 0 aliphatic heterocycles. The first-order valence-corrected chi connectivity index (χ1v) is 5.96. The zero-order valence-electron chi connectivity index (χ0n) is 9.56. The van der Waals surface area contributed by atoms with Gasteiger partial charge in [-0.15, -0.1) is 0 Å². The number of nitrogens with zero attached hydrogens (tertiary/aromatic N) is 1. The minimum atomic E-state index is -0.705. The lowest BCUT2D eigenvalue weighted by atomic mass is 10.3. The molecule has 0 aliphatic carbocycles. The molecule has 2 aromatic rings. The number of amides is 1. The Morgan fingerprint density at radius 2 is 2.05 bits per heavy atom. The molecule has 5 nitrogen and oxygen atoms in total. The van der Waals surface area contributed by atoms with Gasteiger partial charge in [-0.2, -0.15) is 0 Å². The van der Waals surface area contributed by atoms with Crippen LogP contribution in [-0.2, 0) is 0 Å². The number of pyridine rings is 1. The highest BCUT2D eigenvalue weighted by Gasteiger charge is 2.11. The Hall–Kier alpha value is -2.15. The fourth-order valence-electron chi connectivity index (χ4n) is 1.33. The molecule has 2 rings (SSSR count). The number of anilines is 1. The number of rotatable bonds is 3. The van der Waals surface area contributed by atoms with E-state index in [1.807, 2.05) is 0 Å². The molecule has 0 fully saturated rings. The monoisotopic (exact) mass is 325 g/mol. The number of nitrogen functional groups attached to an aromatic ring is 1. The summed E-state index contributed by atoms with van der Waals surface area (Å²) in [6.07, 6.45) is 0. The molecule has 7 heteroatoms. The van der Waals surface area contributed by atoms with Crippen LogP contribution >= 0.6 is 15.9 Å². The molecule has 0 atom stereocenters. The summed E-state index contributed by atoms with van der Waals surface area (Å²) in [6, 6.07) is 6.75. The summed E-state index contributed by atoms with van der Waals surface area (Å²) < 4.78 is 19.0. The van der Waals surface area contributed by atoms with Crippen molar-refractivity contribution in [3.8, 4) is 11.6 Å². The van der Waals surface area contributed by atoms with Crippen LogP contribution in [0.2, 0.25) is 0 Å². The van der Waals surface area contributed by atoms with E-state index in [2.05, 4.69) is 20.9 Å². The number of aromatic nitrogens is 1. The van der Waals surface area contributed by atoms with Gasteiger partial charge in [0.1, 0.15) is 17.3 Å². The fourth-order valence-corrected chi connectivity index (χ4v) is 1.66. The van der Waals surface area contributed by atoms with Crippen molar-refractivity contribution in [3.63, 3.8) is 0 Å². The number of hydrogen-bond acceptors (Lipinski definition) is 4. The third-order valence-electron chi connectivity index (χ3n) is 2.24. The van der Waals surface area contributed by atoms with Gasteiger partial charge in [-0.1, -0.05) is 0 Å². The van der Waals surface area contributed by atoms with Crippen LogP contribution in [0.15, 0.2) is 34.8 Å². The van der Waals surface area contributed by atoms with E-state index in [-0.39, 0.29) is 23.0 Å². The van der Waals surface area contributed by atoms with Gasteiger partial charge in [-0.3, -0.25) is 4.79 Å². The van der Waals surface area contributed by atoms with Gasteiger partial charge < -0.3 is 16.2 Å². The van der Waals surface area contributed by atoms with Crippen molar-refractivity contribution in [2.24, 2.45) is 5.73 Å². The number of carbonyl (C=O) groups is 1. The second kappa shape index (κ2) is 5.23. The molecule has 0 bridgehead atoms. The maximum absolute atomic E-state index is 13.1. The SMILES string of the molecule is NC(=O)c1ccc(N)c(Oc2cc(F)ccc2Br)n1. The third kappa shape index (κ3) is 3.00. The lowest BCUT2D eigenvalue weighted by Crippen LogP contribution is -2.13. The molecule has 98 valence electrons. The summed E-state index contributed by atoms with van der Waals surface area (Å²) >= 11 is 3.21. The molecule has 19 heavy (non-hydrogen) atoms. The van der Waals surface area contributed by atoms with Crippen LogP contribution < -0.4 is 16.2 Å². The summed E-state index contributed by atoms with van der Waals surface area (Å²) in [6.45, 7) is 0. The van der Waals surface area contributed by atoms with E-state index in [0.29, 0.717) is 4.47 Å². The lowest BCUT2D eigenvalue weighted by molar-refractivity contribution is 0.0995. The molecule has 1 heterocycles. The van der Waals surface area contributed by atoms with Gasteiger partial charge in [-0.05, 0) is 40.2 Å². The van der Waals surface area contributed by atoms with Crippen molar-refractivity contribution in [2.75, 3.05) is 5.73 Å². The number of nitrogens with two attached hydrogens (primary N) is 2. The molecule has 4 N–H and O–H groups in total. The number of ether oxygens (including phenoxy) is 1. The Kier molecular flexibility index (Phi) is 3.66. The van der Waals surface area contributed by atoms with Gasteiger partial charge in [0.25, 0.3) is 5.91 Å². The Morgan fingerprint density at radius 1 is 1.32 bits per heavy atom. The maximum atomic E-state index is 13.1. The Bertz CT molecular complexity index is 649. The summed E-state index contributed by atoms with van der Waals surface area (Å²) in [5, 5.41) is 0. The molecule has 0 spiro atoms. The molecule has 0 aliphatic rings. The number of hydrogen-bond donors (Lipinski definition) is 2. The highest BCUT2D eigenvalue weighted by Crippen LogP contribution is 2.32. The van der Waals surface area contributed by atoms with E-state index in [0.717, 1.165) is 0 Å². The van der Waals surface area contributed by atoms with Gasteiger partial charge in [0.2, 0.25) is 5.88 Å². The summed E-state index contributed by atoms with van der Waals surface area (Å²) in [7, 11) is 0. The van der Waals surface area contributed by atoms with Crippen molar-refractivity contribution in [2.45, 2.75) is 0 Å². The summed E-state index contributed by atoms with van der Waals surface area (Å²) in [5.74, 6) is -0.991. The van der Waals surface area contributed by atoms with E-state index in [4.69, 9.17) is 16.2 Å². The Morgan fingerprint density at radius 3 is 2.74 bits per heavy atom. The zero-order chi connectivity index (χ0) is 14.0. The summed E-state index contributed by atoms with van der Waals surface area (Å²) in [5.41, 5.74) is 11.0. The zero-order valence-corrected chi connectivity index (χ0v) is 11.1. The predicted molar refractivity (Wildman–Crippen MR) is 71.3 cm³/mol. The molecular formula is C12H9BrFN3O2. The van der Waals surface area contributed by atoms with Crippen LogP contribution in [0.1, 0.15) is 10.5 Å². The fraction of sp³-hybridized carbons (Fsp3) is 0. The first-order valence-electron chi connectivity index (χ1n) is 5.16. The van der Waals surface area contributed by atoms with Crippen LogP contribution in [-0.4, -0.2) is 10.9 Å². The van der Waals surface area contributed by atoms with E-state index < -0.39 is 11.7 Å². The molecule has 1 aromatic carbocycles. The van der Waals surface area contributed by atoms with Gasteiger partial charge >= 0.3 is 0 Å². The van der Waals surface area contributed by atoms with E-state index in [1.165, 1.54) is 30.3 Å². The average molecular weight is 326 g/mol. The standard InChI is InChI=1S/C12H9BrFN3O2/c13-7-2-1-6(14)5-10(7)19-12-8(15)3-4-9(17-12)11(16)18/h1-5H,15H2,(H2,16,18). The van der Waals surface area contributed by atoms with E-state index in [9.17, 15) is 9.18 Å². The molecule has 0 radical (unpaired) electrons. The maximum Gasteiger partial charge on any atom is 0.267 e. The molecule has 0 unspecified atom stereocenters. The second-order valence-corrected chi connectivity index (χ2v) is 4.49. The van der Waals surface area contributed by atoms with Crippen molar-refractivity contribution < 1.29 is 13.9 Å². The second-order valence-electron chi connectivity index (χ2n) is 3.63. The van der Waals surface area contributed by atoms with Crippen molar-refractivity contribution in [1.82, 2.24) is 4.98 Å². The number of benzene rings is 1. The normalized spacial score (nSPS) is 10.2. The molecule has 1 amide bonds. The van der Waals surface area contributed by atoms with Gasteiger partial charge in [0.05, 0.1) is 10.2 Å². The van der Waals surface area contributed by atoms with Crippen molar-refractivity contribution in [1.29, 1.82) is 0 Å². The van der Waals surface area contributed by atoms with Gasteiger partial charge in [0.15, 0.2) is 0 Å². The van der Waals surface area contributed by atoms with Crippen molar-refractivity contribution >= 4 is 27.5 Å². The van der Waals surface area contributed by atoms with Crippen LogP contribution in [0, 0.1) is 5.82 Å². The van der Waals surface area contributed by atoms with Crippen LogP contribution in [0.25, 0.3) is 0 Å². The summed E-state index contributed by atoms with van der Waals surface area (Å²) in [4.78, 5) is 14.9.